The van der Waals surface area contributed by atoms with Crippen LogP contribution in [0.4, 0.5) is 0 Å². The van der Waals surface area contributed by atoms with Gasteiger partial charge in [-0.15, -0.1) is 0 Å². The standard InChI is InChI=1S/C14H13Cl2NO2/c1-9-3-5-11(19-9)8-17(2)14(18)10-4-6-12(15)13(16)7-10/h3-7H,8H2,1-2H3. The van der Waals surface area contributed by atoms with Crippen molar-refractivity contribution >= 4 is 29.1 Å². The maximum atomic E-state index is 12.2. The van der Waals surface area contributed by atoms with Gasteiger partial charge in [0.1, 0.15) is 11.5 Å². The summed E-state index contributed by atoms with van der Waals surface area (Å²) in [5.41, 5.74) is 0.500. The largest absolute Gasteiger partial charge is 0.464 e. The zero-order chi connectivity index (χ0) is 14.0. The summed E-state index contributed by atoms with van der Waals surface area (Å²) in [6, 6.07) is 8.55. The minimum absolute atomic E-state index is 0.132. The van der Waals surface area contributed by atoms with Crippen molar-refractivity contribution in [3.63, 3.8) is 0 Å². The molecule has 0 saturated heterocycles. The third kappa shape index (κ3) is 3.31. The zero-order valence-electron chi connectivity index (χ0n) is 10.6. The topological polar surface area (TPSA) is 33.5 Å². The Morgan fingerprint density at radius 3 is 2.53 bits per heavy atom. The van der Waals surface area contributed by atoms with Gasteiger partial charge in [-0.05, 0) is 37.3 Å². The Morgan fingerprint density at radius 2 is 1.95 bits per heavy atom. The Balaban J connectivity index is 2.12. The molecule has 0 saturated carbocycles. The Hall–Kier alpha value is -1.45. The van der Waals surface area contributed by atoms with Gasteiger partial charge in [0, 0.05) is 12.6 Å². The van der Waals surface area contributed by atoms with Crippen LogP contribution in [0.2, 0.25) is 10.0 Å². The Bertz CT molecular complexity index is 607. The van der Waals surface area contributed by atoms with E-state index in [1.165, 1.54) is 0 Å². The summed E-state index contributed by atoms with van der Waals surface area (Å²) in [5.74, 6) is 1.44. The van der Waals surface area contributed by atoms with Gasteiger partial charge >= 0.3 is 0 Å². The second-order valence-electron chi connectivity index (χ2n) is 4.30. The highest BCUT2D eigenvalue weighted by Crippen LogP contribution is 2.23. The summed E-state index contributed by atoms with van der Waals surface area (Å²) in [5, 5.41) is 0.803. The van der Waals surface area contributed by atoms with Gasteiger partial charge in [0.15, 0.2) is 0 Å². The summed E-state index contributed by atoms with van der Waals surface area (Å²) in [7, 11) is 1.71. The van der Waals surface area contributed by atoms with Crippen LogP contribution >= 0.6 is 23.2 Å². The Kier molecular flexibility index (Phi) is 4.17. The van der Waals surface area contributed by atoms with Crippen LogP contribution in [-0.2, 0) is 6.54 Å². The highest BCUT2D eigenvalue weighted by molar-refractivity contribution is 6.42. The molecule has 0 N–H and O–H groups in total. The second-order valence-corrected chi connectivity index (χ2v) is 5.12. The molecule has 0 atom stereocenters. The zero-order valence-corrected chi connectivity index (χ0v) is 12.1. The Labute approximate surface area is 121 Å². The van der Waals surface area contributed by atoms with E-state index in [0.717, 1.165) is 11.5 Å². The SMILES string of the molecule is Cc1ccc(CN(C)C(=O)c2ccc(Cl)c(Cl)c2)o1. The molecular weight excluding hydrogens is 285 g/mol. The van der Waals surface area contributed by atoms with E-state index in [1.807, 2.05) is 19.1 Å². The number of nitrogens with zero attached hydrogens (tertiary/aromatic N) is 1. The molecule has 100 valence electrons. The number of hydrogen-bond acceptors (Lipinski definition) is 2. The van der Waals surface area contributed by atoms with Gasteiger partial charge < -0.3 is 9.32 Å². The van der Waals surface area contributed by atoms with Gasteiger partial charge in [-0.1, -0.05) is 23.2 Å². The van der Waals surface area contributed by atoms with Crippen molar-refractivity contribution in [3.05, 3.63) is 57.5 Å². The van der Waals surface area contributed by atoms with E-state index < -0.39 is 0 Å². The van der Waals surface area contributed by atoms with Gasteiger partial charge in [-0.2, -0.15) is 0 Å². The molecule has 1 heterocycles. The smallest absolute Gasteiger partial charge is 0.254 e. The summed E-state index contributed by atoms with van der Waals surface area (Å²) in [6.07, 6.45) is 0. The molecule has 0 unspecified atom stereocenters. The van der Waals surface area contributed by atoms with Gasteiger partial charge in [0.25, 0.3) is 5.91 Å². The maximum absolute atomic E-state index is 12.2. The van der Waals surface area contributed by atoms with E-state index in [-0.39, 0.29) is 5.91 Å². The van der Waals surface area contributed by atoms with Crippen molar-refractivity contribution in [2.45, 2.75) is 13.5 Å². The number of benzene rings is 1. The lowest BCUT2D eigenvalue weighted by Crippen LogP contribution is -2.25. The normalized spacial score (nSPS) is 10.5. The molecular formula is C14H13Cl2NO2. The van der Waals surface area contributed by atoms with Crippen LogP contribution in [0.5, 0.6) is 0 Å². The number of rotatable bonds is 3. The quantitative estimate of drug-likeness (QED) is 0.852. The average Bonchev–Trinajstić information content (AvgIpc) is 2.77. The van der Waals surface area contributed by atoms with E-state index >= 15 is 0 Å². The molecule has 1 amide bonds. The van der Waals surface area contributed by atoms with Crippen LogP contribution in [0.25, 0.3) is 0 Å². The summed E-state index contributed by atoms with van der Waals surface area (Å²) < 4.78 is 5.44. The molecule has 2 aromatic rings. The van der Waals surface area contributed by atoms with Gasteiger partial charge in [0.05, 0.1) is 16.6 Å². The molecule has 0 aliphatic rings. The predicted octanol–water partition coefficient (Wildman–Crippen LogP) is 4.17. The first-order valence-corrected chi connectivity index (χ1v) is 6.49. The molecule has 5 heteroatoms. The van der Waals surface area contributed by atoms with E-state index in [4.69, 9.17) is 27.6 Å². The van der Waals surface area contributed by atoms with Crippen molar-refractivity contribution in [1.82, 2.24) is 4.90 Å². The lowest BCUT2D eigenvalue weighted by molar-refractivity contribution is 0.0775. The number of halogens is 2. The molecule has 0 fully saturated rings. The van der Waals surface area contributed by atoms with Crippen molar-refractivity contribution in [2.24, 2.45) is 0 Å². The molecule has 0 spiro atoms. The van der Waals surface area contributed by atoms with Crippen molar-refractivity contribution < 1.29 is 9.21 Å². The monoisotopic (exact) mass is 297 g/mol. The first-order chi connectivity index (χ1) is 8.97. The maximum Gasteiger partial charge on any atom is 0.254 e. The van der Waals surface area contributed by atoms with Gasteiger partial charge in [0.2, 0.25) is 0 Å². The highest BCUT2D eigenvalue weighted by Gasteiger charge is 2.14. The number of furan rings is 1. The molecule has 0 bridgehead atoms. The number of amides is 1. The van der Waals surface area contributed by atoms with Crippen LogP contribution in [0, 0.1) is 6.92 Å². The summed E-state index contributed by atoms with van der Waals surface area (Å²) >= 11 is 11.7. The molecule has 1 aromatic carbocycles. The van der Waals surface area contributed by atoms with Crippen LogP contribution in [0.15, 0.2) is 34.7 Å². The third-order valence-electron chi connectivity index (χ3n) is 2.70. The lowest BCUT2D eigenvalue weighted by Gasteiger charge is -2.16. The van der Waals surface area contributed by atoms with E-state index in [2.05, 4.69) is 0 Å². The molecule has 0 aliphatic heterocycles. The molecule has 2 rings (SSSR count). The van der Waals surface area contributed by atoms with Crippen molar-refractivity contribution in [2.75, 3.05) is 7.05 Å². The van der Waals surface area contributed by atoms with E-state index in [1.54, 1.807) is 30.1 Å². The van der Waals surface area contributed by atoms with Crippen LogP contribution < -0.4 is 0 Å². The minimum atomic E-state index is -0.132. The lowest BCUT2D eigenvalue weighted by atomic mass is 10.2. The van der Waals surface area contributed by atoms with E-state index in [9.17, 15) is 4.79 Å². The van der Waals surface area contributed by atoms with Gasteiger partial charge in [-0.25, -0.2) is 0 Å². The Morgan fingerprint density at radius 1 is 1.21 bits per heavy atom. The molecule has 1 aromatic heterocycles. The van der Waals surface area contributed by atoms with Crippen LogP contribution in [-0.4, -0.2) is 17.9 Å². The van der Waals surface area contributed by atoms with Crippen molar-refractivity contribution in [3.8, 4) is 0 Å². The first-order valence-electron chi connectivity index (χ1n) is 5.73. The predicted molar refractivity (Wildman–Crippen MR) is 75.7 cm³/mol. The van der Waals surface area contributed by atoms with Crippen LogP contribution in [0.1, 0.15) is 21.9 Å². The molecule has 3 nitrogen and oxygen atoms in total. The van der Waals surface area contributed by atoms with Gasteiger partial charge in [-0.3, -0.25) is 4.79 Å². The highest BCUT2D eigenvalue weighted by atomic mass is 35.5. The fourth-order valence-electron chi connectivity index (χ4n) is 1.73. The number of hydrogen-bond donors (Lipinski definition) is 0. The second kappa shape index (κ2) is 5.68. The molecule has 19 heavy (non-hydrogen) atoms. The molecule has 0 aliphatic carbocycles. The van der Waals surface area contributed by atoms with Crippen LogP contribution in [0.3, 0.4) is 0 Å². The number of carbonyl (C=O) groups is 1. The number of aryl methyl sites for hydroxylation is 1. The summed E-state index contributed by atoms with van der Waals surface area (Å²) in [6.45, 7) is 2.28. The minimum Gasteiger partial charge on any atom is -0.464 e. The van der Waals surface area contributed by atoms with E-state index in [0.29, 0.717) is 22.2 Å². The summed E-state index contributed by atoms with van der Waals surface area (Å²) in [4.78, 5) is 13.8. The first kappa shape index (κ1) is 14.0. The average molecular weight is 298 g/mol. The molecule has 0 radical (unpaired) electrons. The fourth-order valence-corrected chi connectivity index (χ4v) is 2.02. The van der Waals surface area contributed by atoms with Crippen molar-refractivity contribution in [1.29, 1.82) is 0 Å². The number of carbonyl (C=O) groups excluding carboxylic acids is 1. The fraction of sp³-hybridized carbons (Fsp3) is 0.214. The third-order valence-corrected chi connectivity index (χ3v) is 3.44.